The zero-order valence-corrected chi connectivity index (χ0v) is 16.0. The zero-order valence-electron chi connectivity index (χ0n) is 15.2. The molecular weight excluding hydrogens is 364 g/mol. The number of methoxy groups -OCH3 is 3. The van der Waals surface area contributed by atoms with Crippen LogP contribution in [-0.2, 0) is 6.42 Å². The molecule has 138 valence electrons. The summed E-state index contributed by atoms with van der Waals surface area (Å²) in [5, 5.41) is 0. The first-order chi connectivity index (χ1) is 13.1. The number of nitrogens with one attached hydrogen (secondary N) is 1. The van der Waals surface area contributed by atoms with Crippen LogP contribution in [-0.4, -0.2) is 31.3 Å². The van der Waals surface area contributed by atoms with Crippen LogP contribution in [0, 0.1) is 4.64 Å². The molecule has 0 radical (unpaired) electrons. The van der Waals surface area contributed by atoms with E-state index in [4.69, 9.17) is 31.2 Å². The number of hydrogen-bond acceptors (Lipinski definition) is 6. The summed E-state index contributed by atoms with van der Waals surface area (Å²) in [6.45, 7) is 0. The van der Waals surface area contributed by atoms with E-state index in [0.29, 0.717) is 45.8 Å². The Morgan fingerprint density at radius 3 is 2.52 bits per heavy atom. The number of H-pyrrole nitrogens is 1. The van der Waals surface area contributed by atoms with Crippen molar-refractivity contribution in [1.82, 2.24) is 9.97 Å². The normalized spacial score (nSPS) is 11.8. The fraction of sp³-hybridized carbons (Fsp3) is 0.200. The molecule has 1 N–H and O–H groups in total. The number of aromatic nitrogens is 2. The molecule has 0 fully saturated rings. The van der Waals surface area contributed by atoms with Gasteiger partial charge in [-0.3, -0.25) is 0 Å². The van der Waals surface area contributed by atoms with Crippen LogP contribution in [0.25, 0.3) is 11.4 Å². The highest BCUT2D eigenvalue weighted by Crippen LogP contribution is 2.42. The molecule has 2 aromatic carbocycles. The minimum atomic E-state index is 0.502. The van der Waals surface area contributed by atoms with Gasteiger partial charge in [-0.25, -0.2) is 4.98 Å². The van der Waals surface area contributed by atoms with Crippen LogP contribution in [0.3, 0.4) is 0 Å². The monoisotopic (exact) mass is 382 g/mol. The first-order valence-corrected chi connectivity index (χ1v) is 8.74. The SMILES string of the molecule is COc1ccc(-c2nc(=S)c3c([nH]2)Oc2c(cccc2OC)C3)cc1OC. The van der Waals surface area contributed by atoms with E-state index in [2.05, 4.69) is 9.97 Å². The lowest BCUT2D eigenvalue weighted by molar-refractivity contribution is 0.355. The molecule has 0 aliphatic carbocycles. The van der Waals surface area contributed by atoms with E-state index in [-0.39, 0.29) is 0 Å². The van der Waals surface area contributed by atoms with E-state index in [1.807, 2.05) is 36.4 Å². The maximum Gasteiger partial charge on any atom is 0.205 e. The number of nitrogens with zero attached hydrogens (tertiary/aromatic N) is 1. The summed E-state index contributed by atoms with van der Waals surface area (Å²) in [7, 11) is 4.82. The second-order valence-corrected chi connectivity index (χ2v) is 6.38. The number of hydrogen-bond donors (Lipinski definition) is 1. The molecule has 2 heterocycles. The lowest BCUT2D eigenvalue weighted by Gasteiger charge is -2.22. The molecule has 0 atom stereocenters. The van der Waals surface area contributed by atoms with E-state index in [1.165, 1.54) is 0 Å². The van der Waals surface area contributed by atoms with E-state index in [9.17, 15) is 0 Å². The number of ether oxygens (including phenoxy) is 4. The van der Waals surface area contributed by atoms with Gasteiger partial charge in [0.15, 0.2) is 23.0 Å². The fourth-order valence-electron chi connectivity index (χ4n) is 3.11. The Hall–Kier alpha value is -3.06. The van der Waals surface area contributed by atoms with Gasteiger partial charge < -0.3 is 23.9 Å². The van der Waals surface area contributed by atoms with Crippen molar-refractivity contribution in [3.05, 3.63) is 52.2 Å². The van der Waals surface area contributed by atoms with Crippen molar-refractivity contribution in [2.45, 2.75) is 6.42 Å². The van der Waals surface area contributed by atoms with E-state index in [1.54, 1.807) is 21.3 Å². The molecule has 3 aromatic rings. The summed E-state index contributed by atoms with van der Waals surface area (Å²) in [4.78, 5) is 7.81. The van der Waals surface area contributed by atoms with Gasteiger partial charge in [0.25, 0.3) is 0 Å². The predicted octanol–water partition coefficient (Wildman–Crippen LogP) is 4.53. The topological polar surface area (TPSA) is 65.6 Å². The minimum absolute atomic E-state index is 0.502. The molecule has 27 heavy (non-hydrogen) atoms. The Labute approximate surface area is 161 Å². The maximum atomic E-state index is 6.10. The van der Waals surface area contributed by atoms with Crippen LogP contribution in [0.4, 0.5) is 0 Å². The Morgan fingerprint density at radius 2 is 1.78 bits per heavy atom. The Bertz CT molecular complexity index is 1080. The van der Waals surface area contributed by atoms with Gasteiger partial charge in [-0.2, -0.15) is 0 Å². The quantitative estimate of drug-likeness (QED) is 0.523. The third-order valence-corrected chi connectivity index (χ3v) is 4.82. The van der Waals surface area contributed by atoms with Crippen LogP contribution in [0.15, 0.2) is 36.4 Å². The number of aromatic amines is 1. The van der Waals surface area contributed by atoms with Gasteiger partial charge >= 0.3 is 0 Å². The summed E-state index contributed by atoms with van der Waals surface area (Å²) < 4.78 is 22.7. The lowest BCUT2D eigenvalue weighted by Crippen LogP contribution is -2.09. The highest BCUT2D eigenvalue weighted by Gasteiger charge is 2.23. The molecule has 0 amide bonds. The largest absolute Gasteiger partial charge is 0.493 e. The minimum Gasteiger partial charge on any atom is -0.493 e. The second-order valence-electron chi connectivity index (χ2n) is 6.00. The van der Waals surface area contributed by atoms with Crippen LogP contribution < -0.4 is 18.9 Å². The number of benzene rings is 2. The molecule has 1 aromatic heterocycles. The van der Waals surface area contributed by atoms with Crippen molar-refractivity contribution in [2.75, 3.05) is 21.3 Å². The van der Waals surface area contributed by atoms with Crippen LogP contribution in [0.5, 0.6) is 28.9 Å². The fourth-order valence-corrected chi connectivity index (χ4v) is 3.37. The average Bonchev–Trinajstić information content (AvgIpc) is 2.71. The van der Waals surface area contributed by atoms with Crippen molar-refractivity contribution >= 4 is 12.2 Å². The standard InChI is InChI=1S/C20H18N2O4S/c1-23-14-8-7-12(10-16(14)25-3)18-21-19-13(20(27)22-18)9-11-5-4-6-15(24-2)17(11)26-19/h4-8,10H,9H2,1-3H3,(H,21,22,27). The van der Waals surface area contributed by atoms with Crippen LogP contribution in [0.1, 0.15) is 11.1 Å². The number of para-hydroxylation sites is 1. The molecule has 0 saturated heterocycles. The van der Waals surface area contributed by atoms with Crippen molar-refractivity contribution in [2.24, 2.45) is 0 Å². The summed E-state index contributed by atoms with van der Waals surface area (Å²) in [6, 6.07) is 11.4. The van der Waals surface area contributed by atoms with Gasteiger partial charge in [0, 0.05) is 17.5 Å². The van der Waals surface area contributed by atoms with Crippen molar-refractivity contribution in [3.8, 4) is 40.3 Å². The van der Waals surface area contributed by atoms with Crippen LogP contribution in [0.2, 0.25) is 0 Å². The van der Waals surface area contributed by atoms with Gasteiger partial charge in [-0.15, -0.1) is 0 Å². The Kier molecular flexibility index (Phi) is 4.45. The van der Waals surface area contributed by atoms with Gasteiger partial charge in [-0.1, -0.05) is 24.4 Å². The molecule has 0 unspecified atom stereocenters. The van der Waals surface area contributed by atoms with E-state index in [0.717, 1.165) is 16.7 Å². The molecule has 6 nitrogen and oxygen atoms in total. The van der Waals surface area contributed by atoms with Crippen molar-refractivity contribution < 1.29 is 18.9 Å². The van der Waals surface area contributed by atoms with Crippen LogP contribution >= 0.6 is 12.2 Å². The molecule has 0 bridgehead atoms. The third kappa shape index (κ3) is 3.00. The molecule has 0 spiro atoms. The Balaban J connectivity index is 1.80. The first kappa shape index (κ1) is 17.4. The summed E-state index contributed by atoms with van der Waals surface area (Å²) in [5.74, 6) is 3.81. The zero-order chi connectivity index (χ0) is 19.0. The smallest absolute Gasteiger partial charge is 0.205 e. The summed E-state index contributed by atoms with van der Waals surface area (Å²) in [5.41, 5.74) is 2.69. The third-order valence-electron chi connectivity index (χ3n) is 4.49. The number of fused-ring (bicyclic) bond motifs is 2. The molecule has 7 heteroatoms. The average molecular weight is 382 g/mol. The Morgan fingerprint density at radius 1 is 1.00 bits per heavy atom. The predicted molar refractivity (Wildman–Crippen MR) is 104 cm³/mol. The van der Waals surface area contributed by atoms with Crippen molar-refractivity contribution in [1.29, 1.82) is 0 Å². The highest BCUT2D eigenvalue weighted by molar-refractivity contribution is 7.71. The number of rotatable bonds is 4. The van der Waals surface area contributed by atoms with Gasteiger partial charge in [0.05, 0.1) is 26.9 Å². The maximum absolute atomic E-state index is 6.10. The van der Waals surface area contributed by atoms with Gasteiger partial charge in [0.1, 0.15) is 10.5 Å². The van der Waals surface area contributed by atoms with Gasteiger partial charge in [-0.05, 0) is 24.3 Å². The van der Waals surface area contributed by atoms with E-state index >= 15 is 0 Å². The molecule has 1 aliphatic rings. The lowest BCUT2D eigenvalue weighted by atomic mass is 10.0. The van der Waals surface area contributed by atoms with E-state index < -0.39 is 0 Å². The first-order valence-electron chi connectivity index (χ1n) is 8.34. The highest BCUT2D eigenvalue weighted by atomic mass is 32.1. The summed E-state index contributed by atoms with van der Waals surface area (Å²) >= 11 is 5.53. The molecule has 4 rings (SSSR count). The second kappa shape index (κ2) is 6.92. The van der Waals surface area contributed by atoms with Crippen molar-refractivity contribution in [3.63, 3.8) is 0 Å². The summed E-state index contributed by atoms with van der Waals surface area (Å²) in [6.07, 6.45) is 0.635. The molecular formula is C20H18N2O4S. The molecule has 0 saturated carbocycles. The van der Waals surface area contributed by atoms with Gasteiger partial charge in [0.2, 0.25) is 5.88 Å². The molecule has 1 aliphatic heterocycles.